The van der Waals surface area contributed by atoms with E-state index in [2.05, 4.69) is 0 Å². The molecular formula is C6H7NO5. The van der Waals surface area contributed by atoms with Crippen molar-refractivity contribution in [3.05, 3.63) is 0 Å². The van der Waals surface area contributed by atoms with Gasteiger partial charge < -0.3 is 10.2 Å². The van der Waals surface area contributed by atoms with Crippen LogP contribution in [0, 0.1) is 0 Å². The SMILES string of the molecule is O=C(O)[C@@H]1C(=O)CCN1C(=O)O. The van der Waals surface area contributed by atoms with Crippen molar-refractivity contribution in [3.63, 3.8) is 0 Å². The topological polar surface area (TPSA) is 94.9 Å². The Morgan fingerprint density at radius 3 is 2.33 bits per heavy atom. The van der Waals surface area contributed by atoms with Gasteiger partial charge in [0.1, 0.15) is 0 Å². The van der Waals surface area contributed by atoms with Crippen LogP contribution in [0.1, 0.15) is 6.42 Å². The Bertz CT molecular complexity index is 248. The van der Waals surface area contributed by atoms with Gasteiger partial charge in [-0.2, -0.15) is 0 Å². The molecule has 0 aromatic rings. The number of carbonyl (C=O) groups excluding carboxylic acids is 1. The largest absolute Gasteiger partial charge is 0.479 e. The molecule has 6 heteroatoms. The van der Waals surface area contributed by atoms with Gasteiger partial charge in [-0.25, -0.2) is 9.59 Å². The van der Waals surface area contributed by atoms with Crippen LogP contribution in [0.2, 0.25) is 0 Å². The van der Waals surface area contributed by atoms with Crippen molar-refractivity contribution >= 4 is 17.8 Å². The number of amides is 1. The van der Waals surface area contributed by atoms with E-state index in [1.807, 2.05) is 0 Å². The van der Waals surface area contributed by atoms with E-state index in [4.69, 9.17) is 10.2 Å². The van der Waals surface area contributed by atoms with Gasteiger partial charge in [-0.3, -0.25) is 9.69 Å². The van der Waals surface area contributed by atoms with Crippen LogP contribution < -0.4 is 0 Å². The molecule has 66 valence electrons. The molecule has 0 aliphatic carbocycles. The number of carboxylic acid groups (broad SMARTS) is 2. The predicted molar refractivity (Wildman–Crippen MR) is 35.8 cm³/mol. The Kier molecular flexibility index (Phi) is 1.99. The Labute approximate surface area is 67.4 Å². The van der Waals surface area contributed by atoms with Crippen LogP contribution in [0.3, 0.4) is 0 Å². The number of carbonyl (C=O) groups is 3. The Morgan fingerprint density at radius 1 is 1.42 bits per heavy atom. The summed E-state index contributed by atoms with van der Waals surface area (Å²) in [5.74, 6) is -1.95. The van der Waals surface area contributed by atoms with Gasteiger partial charge >= 0.3 is 12.1 Å². The number of hydrogen-bond acceptors (Lipinski definition) is 3. The predicted octanol–water partition coefficient (Wildman–Crippen LogP) is -0.608. The molecule has 1 atom stereocenters. The minimum absolute atomic E-state index is 0.0106. The number of rotatable bonds is 1. The number of likely N-dealkylation sites (tertiary alicyclic amines) is 1. The number of aliphatic carboxylic acids is 1. The first-order valence-electron chi connectivity index (χ1n) is 3.29. The molecule has 1 rings (SSSR count). The highest BCUT2D eigenvalue weighted by Gasteiger charge is 2.40. The lowest BCUT2D eigenvalue weighted by atomic mass is 10.2. The van der Waals surface area contributed by atoms with Crippen molar-refractivity contribution in [1.82, 2.24) is 4.90 Å². The minimum Gasteiger partial charge on any atom is -0.479 e. The van der Waals surface area contributed by atoms with Gasteiger partial charge in [-0.05, 0) is 0 Å². The zero-order valence-electron chi connectivity index (χ0n) is 6.06. The van der Waals surface area contributed by atoms with E-state index in [1.165, 1.54) is 0 Å². The maximum atomic E-state index is 10.8. The van der Waals surface area contributed by atoms with Crippen LogP contribution in [0.15, 0.2) is 0 Å². The summed E-state index contributed by atoms with van der Waals surface area (Å²) >= 11 is 0. The number of hydrogen-bond donors (Lipinski definition) is 2. The molecule has 0 aromatic carbocycles. The standard InChI is InChI=1S/C6H7NO5/c8-3-1-2-7(6(11)12)4(3)5(9)10/h4H,1-2H2,(H,9,10)(H,11,12)/t4-/m0/s1. The van der Waals surface area contributed by atoms with Crippen LogP contribution in [-0.4, -0.2) is 45.5 Å². The van der Waals surface area contributed by atoms with E-state index in [0.717, 1.165) is 0 Å². The normalized spacial score (nSPS) is 22.8. The van der Waals surface area contributed by atoms with Gasteiger partial charge in [0.15, 0.2) is 11.8 Å². The number of ketones is 1. The van der Waals surface area contributed by atoms with Gasteiger partial charge in [0.05, 0.1) is 0 Å². The van der Waals surface area contributed by atoms with Gasteiger partial charge in [0.25, 0.3) is 0 Å². The molecule has 1 heterocycles. The monoisotopic (exact) mass is 173 g/mol. The molecule has 2 N–H and O–H groups in total. The van der Waals surface area contributed by atoms with E-state index in [1.54, 1.807) is 0 Å². The third-order valence-corrected chi connectivity index (χ3v) is 1.70. The summed E-state index contributed by atoms with van der Waals surface area (Å²) < 4.78 is 0. The fourth-order valence-electron chi connectivity index (χ4n) is 1.15. The molecule has 1 fully saturated rings. The van der Waals surface area contributed by atoms with Gasteiger partial charge in [0.2, 0.25) is 0 Å². The van der Waals surface area contributed by atoms with Crippen LogP contribution in [0.25, 0.3) is 0 Å². The van der Waals surface area contributed by atoms with E-state index < -0.39 is 23.9 Å². The molecule has 12 heavy (non-hydrogen) atoms. The van der Waals surface area contributed by atoms with Gasteiger partial charge in [-0.1, -0.05) is 0 Å². The number of Topliss-reactive ketones (excluding diaryl/α,β-unsaturated/α-hetero) is 1. The summed E-state index contributed by atoms with van der Waals surface area (Å²) in [6.45, 7) is -0.0227. The maximum Gasteiger partial charge on any atom is 0.408 e. The molecule has 1 aliphatic rings. The average molecular weight is 173 g/mol. The zero-order valence-corrected chi connectivity index (χ0v) is 6.06. The van der Waals surface area contributed by atoms with E-state index in [0.29, 0.717) is 4.90 Å². The lowest BCUT2D eigenvalue weighted by Crippen LogP contribution is -2.42. The Balaban J connectivity index is 2.84. The first kappa shape index (κ1) is 8.51. The Hall–Kier alpha value is -1.59. The number of nitrogens with zero attached hydrogens (tertiary/aromatic N) is 1. The third-order valence-electron chi connectivity index (χ3n) is 1.70. The summed E-state index contributed by atoms with van der Waals surface area (Å²) in [6.07, 6.45) is -1.38. The summed E-state index contributed by atoms with van der Waals surface area (Å²) in [7, 11) is 0. The lowest BCUT2D eigenvalue weighted by molar-refractivity contribution is -0.144. The summed E-state index contributed by atoms with van der Waals surface area (Å²) in [6, 6.07) is -1.50. The molecule has 0 saturated carbocycles. The molecule has 1 aliphatic heterocycles. The van der Waals surface area contributed by atoms with Crippen molar-refractivity contribution < 1.29 is 24.6 Å². The van der Waals surface area contributed by atoms with Crippen LogP contribution in [0.5, 0.6) is 0 Å². The fourth-order valence-corrected chi connectivity index (χ4v) is 1.15. The second-order valence-electron chi connectivity index (χ2n) is 2.43. The Morgan fingerprint density at radius 2 is 2.00 bits per heavy atom. The quantitative estimate of drug-likeness (QED) is 0.516. The highest BCUT2D eigenvalue weighted by molar-refractivity contribution is 6.06. The first-order chi connectivity index (χ1) is 5.54. The lowest BCUT2D eigenvalue weighted by Gasteiger charge is -2.15. The van der Waals surface area contributed by atoms with Crippen LogP contribution in [-0.2, 0) is 9.59 Å². The summed E-state index contributed by atoms with van der Waals surface area (Å²) in [5, 5.41) is 16.9. The molecular weight excluding hydrogens is 166 g/mol. The smallest absolute Gasteiger partial charge is 0.408 e. The molecule has 0 bridgehead atoms. The molecule has 0 aromatic heterocycles. The van der Waals surface area contributed by atoms with Crippen molar-refractivity contribution in [2.45, 2.75) is 12.5 Å². The molecule has 6 nitrogen and oxygen atoms in total. The highest BCUT2D eigenvalue weighted by atomic mass is 16.4. The zero-order chi connectivity index (χ0) is 9.30. The van der Waals surface area contributed by atoms with Crippen molar-refractivity contribution in [2.75, 3.05) is 6.54 Å². The van der Waals surface area contributed by atoms with Crippen molar-refractivity contribution in [1.29, 1.82) is 0 Å². The van der Waals surface area contributed by atoms with Crippen molar-refractivity contribution in [3.8, 4) is 0 Å². The molecule has 0 unspecified atom stereocenters. The molecule has 0 radical (unpaired) electrons. The minimum atomic E-state index is -1.50. The third kappa shape index (κ3) is 1.23. The fraction of sp³-hybridized carbons (Fsp3) is 0.500. The van der Waals surface area contributed by atoms with E-state index >= 15 is 0 Å². The van der Waals surface area contributed by atoms with Crippen molar-refractivity contribution in [2.24, 2.45) is 0 Å². The highest BCUT2D eigenvalue weighted by Crippen LogP contribution is 2.13. The summed E-state index contributed by atoms with van der Waals surface area (Å²) in [5.41, 5.74) is 0. The second-order valence-corrected chi connectivity index (χ2v) is 2.43. The maximum absolute atomic E-state index is 10.8. The van der Waals surface area contributed by atoms with Crippen LogP contribution >= 0.6 is 0 Å². The second kappa shape index (κ2) is 2.80. The average Bonchev–Trinajstić information content (AvgIpc) is 2.30. The first-order valence-corrected chi connectivity index (χ1v) is 3.29. The number of carboxylic acids is 1. The van der Waals surface area contributed by atoms with Gasteiger partial charge in [0, 0.05) is 13.0 Å². The van der Waals surface area contributed by atoms with E-state index in [-0.39, 0.29) is 13.0 Å². The molecule has 0 spiro atoms. The molecule has 1 saturated heterocycles. The van der Waals surface area contributed by atoms with Gasteiger partial charge in [-0.15, -0.1) is 0 Å². The van der Waals surface area contributed by atoms with Crippen LogP contribution in [0.4, 0.5) is 4.79 Å². The van der Waals surface area contributed by atoms with E-state index in [9.17, 15) is 14.4 Å². The molecule has 1 amide bonds. The summed E-state index contributed by atoms with van der Waals surface area (Å²) in [4.78, 5) is 32.2.